The minimum Gasteiger partial charge on any atom is -0.481 e. The third-order valence-corrected chi connectivity index (χ3v) is 6.59. The van der Waals surface area contributed by atoms with Crippen LogP contribution in [-0.4, -0.2) is 40.0 Å². The fourth-order valence-electron chi connectivity index (χ4n) is 3.90. The number of fused-ring (bicyclic) bond motifs is 1. The Labute approximate surface area is 167 Å². The van der Waals surface area contributed by atoms with Crippen LogP contribution in [0, 0.1) is 5.92 Å². The Balaban J connectivity index is 1.68. The van der Waals surface area contributed by atoms with Crippen molar-refractivity contribution in [3.05, 3.63) is 65.2 Å². The van der Waals surface area contributed by atoms with Crippen LogP contribution in [0.3, 0.4) is 0 Å². The summed E-state index contributed by atoms with van der Waals surface area (Å²) in [6.45, 7) is 2.71. The molecule has 4 rings (SSSR count). The number of carbonyl (C=O) groups is 2. The number of hydrogen-bond donors (Lipinski definition) is 1. The van der Waals surface area contributed by atoms with E-state index < -0.39 is 17.3 Å². The maximum absolute atomic E-state index is 13.6. The molecule has 6 heteroatoms. The van der Waals surface area contributed by atoms with Crippen LogP contribution in [-0.2, 0) is 21.4 Å². The van der Waals surface area contributed by atoms with Gasteiger partial charge in [0.25, 0.3) is 0 Å². The number of carboxylic acids is 1. The number of nitrogens with zero attached hydrogens (tertiary/aromatic N) is 2. The average Bonchev–Trinajstić information content (AvgIpc) is 3.34. The van der Waals surface area contributed by atoms with Crippen LogP contribution >= 0.6 is 11.3 Å². The van der Waals surface area contributed by atoms with Crippen molar-refractivity contribution in [1.82, 2.24) is 9.88 Å². The average molecular weight is 394 g/mol. The van der Waals surface area contributed by atoms with Crippen molar-refractivity contribution < 1.29 is 14.7 Å². The molecule has 1 N–H and O–H groups in total. The number of likely N-dealkylation sites (tertiary alicyclic amines) is 1. The second-order valence-electron chi connectivity index (χ2n) is 7.53. The molecule has 1 amide bonds. The van der Waals surface area contributed by atoms with E-state index in [0.717, 1.165) is 20.8 Å². The topological polar surface area (TPSA) is 70.5 Å². The van der Waals surface area contributed by atoms with E-state index in [2.05, 4.69) is 0 Å². The number of carbonyl (C=O) groups excluding carboxylic acids is 1. The van der Waals surface area contributed by atoms with Crippen molar-refractivity contribution in [2.75, 3.05) is 13.1 Å². The van der Waals surface area contributed by atoms with Crippen molar-refractivity contribution >= 4 is 33.4 Å². The number of aromatic nitrogens is 1. The molecule has 0 aliphatic carbocycles. The van der Waals surface area contributed by atoms with Crippen molar-refractivity contribution in [3.63, 3.8) is 0 Å². The van der Waals surface area contributed by atoms with E-state index in [1.54, 1.807) is 16.2 Å². The molecule has 0 saturated carbocycles. The van der Waals surface area contributed by atoms with Gasteiger partial charge in [-0.2, -0.15) is 0 Å². The summed E-state index contributed by atoms with van der Waals surface area (Å²) < 4.78 is 1.10. The first-order valence-corrected chi connectivity index (χ1v) is 10.2. The van der Waals surface area contributed by atoms with Crippen molar-refractivity contribution in [2.45, 2.75) is 25.2 Å². The molecule has 0 radical (unpaired) electrons. The molecule has 1 saturated heterocycles. The van der Waals surface area contributed by atoms with E-state index in [1.165, 1.54) is 0 Å². The van der Waals surface area contributed by atoms with Gasteiger partial charge in [0.1, 0.15) is 0 Å². The minimum atomic E-state index is -0.831. The molecule has 2 atom stereocenters. The molecule has 0 spiro atoms. The Morgan fingerprint density at radius 2 is 1.89 bits per heavy atom. The van der Waals surface area contributed by atoms with Gasteiger partial charge in [0.2, 0.25) is 5.91 Å². The molecule has 1 aliphatic rings. The van der Waals surface area contributed by atoms with Crippen LogP contribution in [0.25, 0.3) is 10.2 Å². The SMILES string of the molecule is CC(Cc1nc2ccccc2s1)(C(=O)N1CCC(C(=O)O)C1)c1ccccc1. The molecule has 2 unspecified atom stereocenters. The molecule has 1 fully saturated rings. The third-order valence-electron chi connectivity index (χ3n) is 5.55. The second kappa shape index (κ2) is 7.36. The second-order valence-corrected chi connectivity index (χ2v) is 8.64. The Hall–Kier alpha value is -2.73. The van der Waals surface area contributed by atoms with E-state index in [4.69, 9.17) is 4.98 Å². The zero-order chi connectivity index (χ0) is 19.7. The summed E-state index contributed by atoms with van der Waals surface area (Å²) in [5, 5.41) is 10.2. The monoisotopic (exact) mass is 394 g/mol. The third kappa shape index (κ3) is 3.40. The van der Waals surface area contributed by atoms with Gasteiger partial charge < -0.3 is 10.0 Å². The number of para-hydroxylation sites is 1. The molecule has 144 valence electrons. The lowest BCUT2D eigenvalue weighted by Crippen LogP contribution is -2.46. The number of hydrogen-bond acceptors (Lipinski definition) is 4. The van der Waals surface area contributed by atoms with Gasteiger partial charge in [-0.15, -0.1) is 11.3 Å². The zero-order valence-corrected chi connectivity index (χ0v) is 16.5. The highest BCUT2D eigenvalue weighted by Gasteiger charge is 2.42. The molecule has 5 nitrogen and oxygen atoms in total. The Morgan fingerprint density at radius 1 is 1.18 bits per heavy atom. The molecule has 2 aromatic carbocycles. The Morgan fingerprint density at radius 3 is 2.57 bits per heavy atom. The molecule has 1 aromatic heterocycles. The van der Waals surface area contributed by atoms with Crippen molar-refractivity contribution in [3.8, 4) is 0 Å². The van der Waals surface area contributed by atoms with Crippen LogP contribution in [0.2, 0.25) is 0 Å². The van der Waals surface area contributed by atoms with Crippen molar-refractivity contribution in [1.29, 1.82) is 0 Å². The van der Waals surface area contributed by atoms with E-state index >= 15 is 0 Å². The first-order chi connectivity index (χ1) is 13.5. The van der Waals surface area contributed by atoms with Crippen LogP contribution in [0.5, 0.6) is 0 Å². The van der Waals surface area contributed by atoms with Gasteiger partial charge in [0.15, 0.2) is 0 Å². The van der Waals surface area contributed by atoms with Crippen molar-refractivity contribution in [2.24, 2.45) is 5.92 Å². The Kier molecular flexibility index (Phi) is 4.89. The number of rotatable bonds is 5. The number of thiazole rings is 1. The number of benzene rings is 2. The molecule has 1 aliphatic heterocycles. The van der Waals surface area contributed by atoms with Crippen LogP contribution in [0.4, 0.5) is 0 Å². The van der Waals surface area contributed by atoms with Gasteiger partial charge in [0, 0.05) is 19.5 Å². The van der Waals surface area contributed by atoms with E-state index in [1.807, 2.05) is 61.5 Å². The summed E-state index contributed by atoms with van der Waals surface area (Å²) in [6, 6.07) is 17.7. The number of carboxylic acid groups (broad SMARTS) is 1. The lowest BCUT2D eigenvalue weighted by Gasteiger charge is -2.32. The highest BCUT2D eigenvalue weighted by Crippen LogP contribution is 2.35. The van der Waals surface area contributed by atoms with Gasteiger partial charge >= 0.3 is 5.97 Å². The molecule has 3 aromatic rings. The predicted octanol–water partition coefficient (Wildman–Crippen LogP) is 3.73. The quantitative estimate of drug-likeness (QED) is 0.716. The fourth-order valence-corrected chi connectivity index (χ4v) is 5.02. The summed E-state index contributed by atoms with van der Waals surface area (Å²) in [5.74, 6) is -1.34. The van der Waals surface area contributed by atoms with Crippen LogP contribution < -0.4 is 0 Å². The largest absolute Gasteiger partial charge is 0.481 e. The normalized spacial score (nSPS) is 18.9. The maximum atomic E-state index is 13.6. The van der Waals surface area contributed by atoms with Gasteiger partial charge in [-0.25, -0.2) is 4.98 Å². The van der Waals surface area contributed by atoms with E-state index in [9.17, 15) is 14.7 Å². The molecular formula is C22H22N2O3S. The molecule has 28 heavy (non-hydrogen) atoms. The highest BCUT2D eigenvalue weighted by molar-refractivity contribution is 7.18. The van der Waals surface area contributed by atoms with Crippen LogP contribution in [0.15, 0.2) is 54.6 Å². The number of amides is 1. The molecular weight excluding hydrogens is 372 g/mol. The standard InChI is InChI=1S/C22H22N2O3S/c1-22(16-7-3-2-4-8-16,21(27)24-12-11-15(14-24)20(25)26)13-19-23-17-9-5-6-10-18(17)28-19/h2-10,15H,11-14H2,1H3,(H,25,26). The lowest BCUT2D eigenvalue weighted by molar-refractivity contribution is -0.141. The van der Waals surface area contributed by atoms with Gasteiger partial charge in [-0.1, -0.05) is 42.5 Å². The van der Waals surface area contributed by atoms with Gasteiger partial charge in [0.05, 0.1) is 26.6 Å². The fraction of sp³-hybridized carbons (Fsp3) is 0.318. The summed E-state index contributed by atoms with van der Waals surface area (Å²) in [5.41, 5.74) is 1.08. The highest BCUT2D eigenvalue weighted by atomic mass is 32.1. The van der Waals surface area contributed by atoms with Crippen LogP contribution in [0.1, 0.15) is 23.9 Å². The van der Waals surface area contributed by atoms with E-state index in [0.29, 0.717) is 19.4 Å². The van der Waals surface area contributed by atoms with Gasteiger partial charge in [-0.3, -0.25) is 9.59 Å². The minimum absolute atomic E-state index is 0.0262. The predicted molar refractivity (Wildman–Crippen MR) is 109 cm³/mol. The first kappa shape index (κ1) is 18.6. The lowest BCUT2D eigenvalue weighted by atomic mass is 9.78. The summed E-state index contributed by atoms with van der Waals surface area (Å²) >= 11 is 1.61. The summed E-state index contributed by atoms with van der Waals surface area (Å²) in [7, 11) is 0. The number of aliphatic carboxylic acids is 1. The smallest absolute Gasteiger partial charge is 0.308 e. The molecule has 0 bridgehead atoms. The first-order valence-electron chi connectivity index (χ1n) is 9.39. The zero-order valence-electron chi connectivity index (χ0n) is 15.7. The Bertz CT molecular complexity index is 984. The summed E-state index contributed by atoms with van der Waals surface area (Å²) in [4.78, 5) is 31.3. The maximum Gasteiger partial charge on any atom is 0.308 e. The van der Waals surface area contributed by atoms with Gasteiger partial charge in [-0.05, 0) is 31.0 Å². The van der Waals surface area contributed by atoms with E-state index in [-0.39, 0.29) is 12.5 Å². The molecule has 2 heterocycles. The summed E-state index contributed by atoms with van der Waals surface area (Å²) in [6.07, 6.45) is 0.997.